The number of ketones is 1. The third-order valence-corrected chi connectivity index (χ3v) is 6.79. The van der Waals surface area contributed by atoms with E-state index in [2.05, 4.69) is 0 Å². The van der Waals surface area contributed by atoms with E-state index in [9.17, 15) is 18.8 Å². The lowest BCUT2D eigenvalue weighted by Gasteiger charge is -2.25. The Labute approximate surface area is 173 Å². The minimum atomic E-state index is -0.683. The normalized spacial score (nSPS) is 29.8. The number of benzene rings is 2. The van der Waals surface area contributed by atoms with Crippen LogP contribution < -0.4 is 14.5 Å². The summed E-state index contributed by atoms with van der Waals surface area (Å²) in [4.78, 5) is 42.4. The van der Waals surface area contributed by atoms with Gasteiger partial charge in [-0.15, -0.1) is 0 Å². The first-order chi connectivity index (χ1) is 14.5. The summed E-state index contributed by atoms with van der Waals surface area (Å²) in [5.74, 6) is -1.70. The van der Waals surface area contributed by atoms with Crippen molar-refractivity contribution in [3.8, 4) is 5.75 Å². The Morgan fingerprint density at radius 2 is 1.70 bits per heavy atom. The number of hydrogen-bond donors (Lipinski definition) is 1. The van der Waals surface area contributed by atoms with E-state index in [4.69, 9.17) is 4.74 Å². The van der Waals surface area contributed by atoms with Crippen molar-refractivity contribution in [3.05, 3.63) is 59.9 Å². The molecule has 2 aromatic carbocycles. The maximum Gasteiger partial charge on any atom is 0.244 e. The number of fused-ring (bicyclic) bond motifs is 3. The highest BCUT2D eigenvalue weighted by molar-refractivity contribution is 6.24. The van der Waals surface area contributed by atoms with Crippen LogP contribution in [0.1, 0.15) is 23.2 Å². The molecule has 5 atom stereocenters. The van der Waals surface area contributed by atoms with Gasteiger partial charge in [0.1, 0.15) is 29.4 Å². The Morgan fingerprint density at radius 3 is 2.37 bits per heavy atom. The molecule has 0 aliphatic carbocycles. The fourth-order valence-corrected chi connectivity index (χ4v) is 5.52. The van der Waals surface area contributed by atoms with Crippen LogP contribution in [0.15, 0.2) is 48.5 Å². The van der Waals surface area contributed by atoms with E-state index >= 15 is 0 Å². The van der Waals surface area contributed by atoms with Crippen LogP contribution in [0.25, 0.3) is 0 Å². The molecule has 0 radical (unpaired) electrons. The van der Waals surface area contributed by atoms with E-state index < -0.39 is 23.7 Å². The Bertz CT molecular complexity index is 1020. The minimum absolute atomic E-state index is 0.0379. The summed E-state index contributed by atoms with van der Waals surface area (Å²) in [5, 5.41) is 0. The van der Waals surface area contributed by atoms with Crippen molar-refractivity contribution in [2.24, 2.45) is 11.8 Å². The molecule has 154 valence electrons. The molecule has 3 heterocycles. The fourth-order valence-electron chi connectivity index (χ4n) is 5.52. The second kappa shape index (κ2) is 7.02. The summed E-state index contributed by atoms with van der Waals surface area (Å²) in [5.41, 5.74) is 0.871. The van der Waals surface area contributed by atoms with Gasteiger partial charge in [-0.05, 0) is 48.5 Å². The predicted molar refractivity (Wildman–Crippen MR) is 106 cm³/mol. The van der Waals surface area contributed by atoms with Gasteiger partial charge in [-0.2, -0.15) is 0 Å². The average molecular weight is 409 g/mol. The van der Waals surface area contributed by atoms with E-state index in [1.54, 1.807) is 31.4 Å². The third kappa shape index (κ3) is 2.69. The van der Waals surface area contributed by atoms with Crippen LogP contribution in [0.4, 0.5) is 10.1 Å². The van der Waals surface area contributed by atoms with Crippen molar-refractivity contribution in [2.75, 3.05) is 18.6 Å². The smallest absolute Gasteiger partial charge is 0.244 e. The Kier molecular flexibility index (Phi) is 4.43. The lowest BCUT2D eigenvalue weighted by molar-refractivity contribution is -0.915. The molecule has 0 bridgehead atoms. The highest BCUT2D eigenvalue weighted by atomic mass is 19.1. The van der Waals surface area contributed by atoms with E-state index in [0.717, 1.165) is 24.3 Å². The van der Waals surface area contributed by atoms with Gasteiger partial charge in [-0.1, -0.05) is 0 Å². The van der Waals surface area contributed by atoms with Gasteiger partial charge in [-0.3, -0.25) is 14.4 Å². The number of carbonyl (C=O) groups excluding carboxylic acids is 3. The quantitative estimate of drug-likeness (QED) is 0.610. The number of anilines is 1. The molecule has 2 aromatic rings. The van der Waals surface area contributed by atoms with Crippen molar-refractivity contribution < 1.29 is 28.4 Å². The number of nitrogens with one attached hydrogen (secondary N) is 1. The second-order valence-electron chi connectivity index (χ2n) is 8.18. The summed E-state index contributed by atoms with van der Waals surface area (Å²) < 4.78 is 18.5. The number of Topliss-reactive ketones (excluding diaryl/α,β-unsaturated/α-hetero) is 1. The van der Waals surface area contributed by atoms with Gasteiger partial charge in [0.25, 0.3) is 0 Å². The zero-order chi connectivity index (χ0) is 21.0. The molecular formula is C23H22FN2O4+. The van der Waals surface area contributed by atoms with Crippen molar-refractivity contribution >= 4 is 23.3 Å². The summed E-state index contributed by atoms with van der Waals surface area (Å²) in [7, 11) is 1.55. The first-order valence-electron chi connectivity index (χ1n) is 10.2. The zero-order valence-electron chi connectivity index (χ0n) is 16.5. The van der Waals surface area contributed by atoms with Gasteiger partial charge in [0.2, 0.25) is 17.6 Å². The molecule has 1 unspecified atom stereocenters. The SMILES string of the molecule is COc1ccc(N2C(=O)[C@@H]3[C@H](C2=O)[C@H]2CCC[NH+]2[C@@H]3C(=O)c2ccc(F)cc2)cc1. The van der Waals surface area contributed by atoms with E-state index in [1.807, 2.05) is 0 Å². The van der Waals surface area contributed by atoms with Gasteiger partial charge in [0, 0.05) is 18.4 Å². The molecule has 0 aromatic heterocycles. The molecule has 30 heavy (non-hydrogen) atoms. The van der Waals surface area contributed by atoms with Crippen molar-refractivity contribution in [3.63, 3.8) is 0 Å². The number of nitrogens with zero attached hydrogens (tertiary/aromatic N) is 1. The topological polar surface area (TPSA) is 68.1 Å². The largest absolute Gasteiger partial charge is 0.497 e. The van der Waals surface area contributed by atoms with Crippen LogP contribution in [-0.4, -0.2) is 43.3 Å². The van der Waals surface area contributed by atoms with Crippen molar-refractivity contribution in [1.29, 1.82) is 0 Å². The molecule has 3 fully saturated rings. The zero-order valence-corrected chi connectivity index (χ0v) is 16.5. The molecule has 3 aliphatic rings. The molecule has 0 spiro atoms. The van der Waals surface area contributed by atoms with Crippen LogP contribution in [-0.2, 0) is 9.59 Å². The summed E-state index contributed by atoms with van der Waals surface area (Å²) in [6.07, 6.45) is 1.74. The molecule has 0 saturated carbocycles. The van der Waals surface area contributed by atoms with Crippen LogP contribution in [0.2, 0.25) is 0 Å². The minimum Gasteiger partial charge on any atom is -0.497 e. The van der Waals surface area contributed by atoms with E-state index in [1.165, 1.54) is 29.2 Å². The first-order valence-corrected chi connectivity index (χ1v) is 10.2. The highest BCUT2D eigenvalue weighted by Crippen LogP contribution is 2.40. The van der Waals surface area contributed by atoms with E-state index in [-0.39, 0.29) is 23.6 Å². The number of rotatable bonds is 4. The van der Waals surface area contributed by atoms with Crippen LogP contribution >= 0.6 is 0 Å². The molecule has 2 amide bonds. The lowest BCUT2D eigenvalue weighted by Crippen LogP contribution is -3.16. The molecule has 3 aliphatic heterocycles. The maximum atomic E-state index is 13.4. The number of amides is 2. The number of halogens is 1. The van der Waals surface area contributed by atoms with Gasteiger partial charge >= 0.3 is 0 Å². The Morgan fingerprint density at radius 1 is 1.03 bits per heavy atom. The predicted octanol–water partition coefficient (Wildman–Crippen LogP) is 1.25. The molecule has 5 rings (SSSR count). The summed E-state index contributed by atoms with van der Waals surface area (Å²) >= 11 is 0. The molecule has 1 N–H and O–H groups in total. The standard InChI is InChI=1S/C23H21FN2O4/c1-30-16-10-8-15(9-11-16)26-22(28)18-17-3-2-12-25(17)20(19(18)23(26)29)21(27)13-4-6-14(24)7-5-13/h4-11,17-20H,2-3,12H2,1H3/p+1/t17-,18-,19-,20+/m1/s1. The van der Waals surface area contributed by atoms with Gasteiger partial charge in [-0.25, -0.2) is 9.29 Å². The van der Waals surface area contributed by atoms with Crippen LogP contribution in [0.5, 0.6) is 5.75 Å². The average Bonchev–Trinajstić information content (AvgIpc) is 3.40. The second-order valence-corrected chi connectivity index (χ2v) is 8.18. The van der Waals surface area contributed by atoms with E-state index in [0.29, 0.717) is 17.0 Å². The number of ether oxygens (including phenoxy) is 1. The van der Waals surface area contributed by atoms with Gasteiger partial charge in [0.15, 0.2) is 6.04 Å². The summed E-state index contributed by atoms with van der Waals surface area (Å²) in [6, 6.07) is 11.5. The number of methoxy groups -OCH3 is 1. The van der Waals surface area contributed by atoms with Crippen molar-refractivity contribution in [1.82, 2.24) is 0 Å². The van der Waals surface area contributed by atoms with Gasteiger partial charge in [0.05, 0.1) is 19.3 Å². The number of imide groups is 1. The summed E-state index contributed by atoms with van der Waals surface area (Å²) in [6.45, 7) is 0.762. The Balaban J connectivity index is 1.52. The monoisotopic (exact) mass is 409 g/mol. The Hall–Kier alpha value is -3.06. The molecular weight excluding hydrogens is 387 g/mol. The fraction of sp³-hybridized carbons (Fsp3) is 0.348. The highest BCUT2D eigenvalue weighted by Gasteiger charge is 2.68. The number of carbonyl (C=O) groups is 3. The van der Waals surface area contributed by atoms with Crippen LogP contribution in [0.3, 0.4) is 0 Å². The number of hydrogen-bond acceptors (Lipinski definition) is 4. The molecule has 3 saturated heterocycles. The third-order valence-electron chi connectivity index (χ3n) is 6.79. The lowest BCUT2D eigenvalue weighted by atomic mass is 9.85. The molecule has 6 nitrogen and oxygen atoms in total. The van der Waals surface area contributed by atoms with Crippen molar-refractivity contribution in [2.45, 2.75) is 24.9 Å². The first kappa shape index (κ1) is 18.9. The molecule has 7 heteroatoms. The number of quaternary nitrogens is 1. The maximum absolute atomic E-state index is 13.4. The van der Waals surface area contributed by atoms with Crippen LogP contribution in [0, 0.1) is 17.7 Å². The van der Waals surface area contributed by atoms with Gasteiger partial charge < -0.3 is 9.64 Å².